The van der Waals surface area contributed by atoms with Crippen LogP contribution in [0.1, 0.15) is 41.2 Å². The van der Waals surface area contributed by atoms with Gasteiger partial charge in [-0.15, -0.1) is 0 Å². The molecule has 0 radical (unpaired) electrons. The second kappa shape index (κ2) is 6.84. The number of para-hydroxylation sites is 1. The van der Waals surface area contributed by atoms with Crippen LogP contribution in [-0.2, 0) is 17.6 Å². The number of aryl methyl sites for hydroxylation is 1. The molecular formula is C19H21N3O4S. The van der Waals surface area contributed by atoms with E-state index in [9.17, 15) is 9.59 Å². The van der Waals surface area contributed by atoms with Crippen LogP contribution in [-0.4, -0.2) is 35.6 Å². The third kappa shape index (κ3) is 3.75. The van der Waals surface area contributed by atoms with Crippen LogP contribution in [0.25, 0.3) is 0 Å². The zero-order chi connectivity index (χ0) is 19.0. The molecule has 0 spiro atoms. The molecule has 2 aromatic rings. The Hall–Kier alpha value is -2.61. The SMILES string of the molecule is CC1(C)Cc2cccc(OCC(=O)Nc3nc4c(s3)C(=O)NCCC4)c2O1. The number of nitrogens with zero attached hydrogens (tertiary/aromatic N) is 1. The van der Waals surface area contributed by atoms with Crippen LogP contribution in [0.2, 0.25) is 0 Å². The van der Waals surface area contributed by atoms with Gasteiger partial charge < -0.3 is 14.8 Å². The van der Waals surface area contributed by atoms with Crippen molar-refractivity contribution in [2.45, 2.75) is 38.7 Å². The summed E-state index contributed by atoms with van der Waals surface area (Å²) in [6.07, 6.45) is 2.37. The molecule has 2 N–H and O–H groups in total. The van der Waals surface area contributed by atoms with Crippen LogP contribution >= 0.6 is 11.3 Å². The Labute approximate surface area is 161 Å². The molecule has 4 rings (SSSR count). The molecule has 1 aromatic heterocycles. The summed E-state index contributed by atoms with van der Waals surface area (Å²) in [4.78, 5) is 29.2. The highest BCUT2D eigenvalue weighted by Gasteiger charge is 2.32. The van der Waals surface area contributed by atoms with E-state index in [0.717, 1.165) is 30.5 Å². The van der Waals surface area contributed by atoms with Gasteiger partial charge in [0.2, 0.25) is 0 Å². The highest BCUT2D eigenvalue weighted by molar-refractivity contribution is 7.17. The zero-order valence-electron chi connectivity index (χ0n) is 15.3. The molecule has 0 saturated heterocycles. The fraction of sp³-hybridized carbons (Fsp3) is 0.421. The van der Waals surface area contributed by atoms with Crippen LogP contribution in [0.15, 0.2) is 18.2 Å². The molecule has 2 amide bonds. The zero-order valence-corrected chi connectivity index (χ0v) is 16.1. The number of amides is 2. The second-order valence-corrected chi connectivity index (χ2v) is 8.27. The fourth-order valence-electron chi connectivity index (χ4n) is 3.29. The minimum absolute atomic E-state index is 0.128. The number of anilines is 1. The van der Waals surface area contributed by atoms with E-state index in [1.54, 1.807) is 6.07 Å². The third-order valence-corrected chi connectivity index (χ3v) is 5.45. The average molecular weight is 387 g/mol. The van der Waals surface area contributed by atoms with Crippen molar-refractivity contribution in [2.24, 2.45) is 0 Å². The fourth-order valence-corrected chi connectivity index (χ4v) is 4.23. The monoisotopic (exact) mass is 387 g/mol. The quantitative estimate of drug-likeness (QED) is 0.842. The summed E-state index contributed by atoms with van der Waals surface area (Å²) in [7, 11) is 0. The van der Waals surface area contributed by atoms with Gasteiger partial charge in [0.15, 0.2) is 23.2 Å². The maximum atomic E-state index is 12.3. The van der Waals surface area contributed by atoms with E-state index in [1.807, 2.05) is 26.0 Å². The number of ether oxygens (including phenoxy) is 2. The lowest BCUT2D eigenvalue weighted by molar-refractivity contribution is -0.118. The van der Waals surface area contributed by atoms with Crippen LogP contribution in [0.4, 0.5) is 5.13 Å². The summed E-state index contributed by atoms with van der Waals surface area (Å²) in [5.41, 5.74) is 1.54. The van der Waals surface area contributed by atoms with Crippen molar-refractivity contribution in [1.29, 1.82) is 0 Å². The Balaban J connectivity index is 1.40. The minimum Gasteiger partial charge on any atom is -0.483 e. The van der Waals surface area contributed by atoms with Crippen molar-refractivity contribution in [1.82, 2.24) is 10.3 Å². The molecule has 0 bridgehead atoms. The first-order valence-electron chi connectivity index (χ1n) is 8.93. The highest BCUT2D eigenvalue weighted by atomic mass is 32.1. The Bertz CT molecular complexity index is 906. The number of carbonyl (C=O) groups is 2. The van der Waals surface area contributed by atoms with Crippen molar-refractivity contribution in [3.8, 4) is 11.5 Å². The molecule has 0 atom stereocenters. The lowest BCUT2D eigenvalue weighted by Gasteiger charge is -2.18. The molecular weight excluding hydrogens is 366 g/mol. The first-order chi connectivity index (χ1) is 12.9. The van der Waals surface area contributed by atoms with E-state index in [-0.39, 0.29) is 24.0 Å². The molecule has 1 aromatic carbocycles. The van der Waals surface area contributed by atoms with Gasteiger partial charge in [-0.25, -0.2) is 4.98 Å². The van der Waals surface area contributed by atoms with Gasteiger partial charge in [-0.05, 0) is 32.8 Å². The number of rotatable bonds is 4. The van der Waals surface area contributed by atoms with Crippen LogP contribution < -0.4 is 20.1 Å². The minimum atomic E-state index is -0.325. The number of hydrogen-bond acceptors (Lipinski definition) is 6. The standard InChI is InChI=1S/C19H21N3O4S/c1-19(2)9-11-5-3-7-13(15(11)26-19)25-10-14(23)22-18-21-12-6-4-8-20-17(24)16(12)27-18/h3,5,7H,4,6,8-10H2,1-2H3,(H,20,24)(H,21,22,23). The lowest BCUT2D eigenvalue weighted by atomic mass is 10.0. The van der Waals surface area contributed by atoms with Crippen LogP contribution in [0.5, 0.6) is 11.5 Å². The van der Waals surface area contributed by atoms with E-state index >= 15 is 0 Å². The average Bonchev–Trinajstić information content (AvgIpc) is 3.10. The maximum Gasteiger partial charge on any atom is 0.264 e. The summed E-state index contributed by atoms with van der Waals surface area (Å²) >= 11 is 1.19. The van der Waals surface area contributed by atoms with Gasteiger partial charge in [-0.1, -0.05) is 23.5 Å². The molecule has 2 aliphatic rings. The van der Waals surface area contributed by atoms with E-state index in [4.69, 9.17) is 9.47 Å². The first-order valence-corrected chi connectivity index (χ1v) is 9.74. The molecule has 8 heteroatoms. The van der Waals surface area contributed by atoms with Gasteiger partial charge in [0.05, 0.1) is 5.69 Å². The van der Waals surface area contributed by atoms with Gasteiger partial charge >= 0.3 is 0 Å². The van der Waals surface area contributed by atoms with E-state index in [0.29, 0.717) is 28.1 Å². The van der Waals surface area contributed by atoms with Crippen LogP contribution in [0.3, 0.4) is 0 Å². The van der Waals surface area contributed by atoms with Crippen molar-refractivity contribution in [2.75, 3.05) is 18.5 Å². The van der Waals surface area contributed by atoms with Gasteiger partial charge in [-0.3, -0.25) is 14.9 Å². The van der Waals surface area contributed by atoms with Crippen molar-refractivity contribution >= 4 is 28.3 Å². The molecule has 0 aliphatic carbocycles. The Morgan fingerprint density at radius 1 is 1.44 bits per heavy atom. The molecule has 0 unspecified atom stereocenters. The number of hydrogen-bond donors (Lipinski definition) is 2. The van der Waals surface area contributed by atoms with E-state index < -0.39 is 0 Å². The number of benzene rings is 1. The van der Waals surface area contributed by atoms with Gasteiger partial charge in [0, 0.05) is 18.5 Å². The summed E-state index contributed by atoms with van der Waals surface area (Å²) in [6.45, 7) is 4.53. The molecule has 27 heavy (non-hydrogen) atoms. The largest absolute Gasteiger partial charge is 0.483 e. The molecule has 7 nitrogen and oxygen atoms in total. The molecule has 0 fully saturated rings. The number of aromatic nitrogens is 1. The van der Waals surface area contributed by atoms with Gasteiger partial charge in [0.25, 0.3) is 11.8 Å². The normalized spacial score (nSPS) is 17.2. The van der Waals surface area contributed by atoms with Gasteiger partial charge in [-0.2, -0.15) is 0 Å². The molecule has 142 valence electrons. The van der Waals surface area contributed by atoms with E-state index in [1.165, 1.54) is 11.3 Å². The predicted molar refractivity (Wildman–Crippen MR) is 102 cm³/mol. The number of thiazole rings is 1. The molecule has 0 saturated carbocycles. The lowest BCUT2D eigenvalue weighted by Crippen LogP contribution is -2.25. The number of carbonyl (C=O) groups excluding carboxylic acids is 2. The topological polar surface area (TPSA) is 89.5 Å². The molecule has 2 aliphatic heterocycles. The summed E-state index contributed by atoms with van der Waals surface area (Å²) in [5.74, 6) is 0.806. The Morgan fingerprint density at radius 2 is 2.30 bits per heavy atom. The second-order valence-electron chi connectivity index (χ2n) is 7.27. The smallest absolute Gasteiger partial charge is 0.264 e. The maximum absolute atomic E-state index is 12.3. The van der Waals surface area contributed by atoms with Crippen LogP contribution in [0, 0.1) is 0 Å². The Kier molecular flexibility index (Phi) is 4.51. The van der Waals surface area contributed by atoms with Crippen molar-refractivity contribution < 1.29 is 19.1 Å². The van der Waals surface area contributed by atoms with E-state index in [2.05, 4.69) is 15.6 Å². The summed E-state index contributed by atoms with van der Waals surface area (Å²) in [6, 6.07) is 5.70. The highest BCUT2D eigenvalue weighted by Crippen LogP contribution is 2.41. The predicted octanol–water partition coefficient (Wildman–Crippen LogP) is 2.55. The third-order valence-electron chi connectivity index (χ3n) is 4.44. The Morgan fingerprint density at radius 3 is 3.15 bits per heavy atom. The number of nitrogens with one attached hydrogen (secondary N) is 2. The van der Waals surface area contributed by atoms with Gasteiger partial charge in [0.1, 0.15) is 10.5 Å². The summed E-state index contributed by atoms with van der Waals surface area (Å²) < 4.78 is 11.6. The van der Waals surface area contributed by atoms with Crippen molar-refractivity contribution in [3.05, 3.63) is 34.3 Å². The summed E-state index contributed by atoms with van der Waals surface area (Å²) in [5, 5.41) is 5.96. The number of fused-ring (bicyclic) bond motifs is 2. The van der Waals surface area contributed by atoms with Crippen molar-refractivity contribution in [3.63, 3.8) is 0 Å². The molecule has 3 heterocycles. The first kappa shape index (κ1) is 17.8.